The molecule has 0 aromatic rings. The first-order valence-electron chi connectivity index (χ1n) is 20.9. The summed E-state index contributed by atoms with van der Waals surface area (Å²) in [4.78, 5) is 37.3. The molecule has 0 N–H and O–H groups in total. The van der Waals surface area contributed by atoms with E-state index in [1.165, 1.54) is 116 Å². The minimum absolute atomic E-state index is 0.0656. The molecule has 0 fully saturated rings. The highest BCUT2D eigenvalue weighted by Crippen LogP contribution is 2.16. The largest absolute Gasteiger partial charge is 0.462 e. The van der Waals surface area contributed by atoms with Gasteiger partial charge in [0.2, 0.25) is 0 Å². The number of carbonyl (C=O) groups excluding carboxylic acids is 3. The molecule has 0 aromatic carbocycles. The van der Waals surface area contributed by atoms with Gasteiger partial charge in [0.05, 0.1) is 0 Å². The van der Waals surface area contributed by atoms with Gasteiger partial charge in [-0.15, -0.1) is 0 Å². The van der Waals surface area contributed by atoms with Gasteiger partial charge in [0, 0.05) is 19.3 Å². The molecule has 0 rings (SSSR count). The van der Waals surface area contributed by atoms with Crippen molar-refractivity contribution in [1.82, 2.24) is 0 Å². The number of hydrogen-bond donors (Lipinski definition) is 0. The standard InChI is InChI=1S/C42H80O6/c1-5-7-9-11-12-18-22-26-30-34-41(44)47-37-39(36-46-40(43)33-29-24-10-8-6-2)48-42(45)35-31-27-23-20-17-15-13-14-16-19-21-25-28-32-38(3)4/h38-39H,5-37H2,1-4H3/t39-/m0/s1. The molecule has 0 saturated heterocycles. The second-order valence-corrected chi connectivity index (χ2v) is 14.7. The molecule has 6 heteroatoms. The summed E-state index contributed by atoms with van der Waals surface area (Å²) < 4.78 is 16.5. The molecule has 0 aliphatic heterocycles. The zero-order valence-corrected chi connectivity index (χ0v) is 32.4. The number of esters is 3. The Hall–Kier alpha value is -1.59. The number of rotatable bonds is 37. The lowest BCUT2D eigenvalue weighted by molar-refractivity contribution is -0.167. The number of unbranched alkanes of at least 4 members (excludes halogenated alkanes) is 24. The van der Waals surface area contributed by atoms with Gasteiger partial charge in [0.15, 0.2) is 6.10 Å². The second kappa shape index (κ2) is 36.7. The molecular formula is C42H80O6. The van der Waals surface area contributed by atoms with E-state index < -0.39 is 6.10 Å². The Kier molecular flexibility index (Phi) is 35.5. The molecule has 0 bridgehead atoms. The van der Waals surface area contributed by atoms with Gasteiger partial charge in [-0.2, -0.15) is 0 Å². The maximum absolute atomic E-state index is 12.6. The summed E-state index contributed by atoms with van der Waals surface area (Å²) in [5, 5.41) is 0. The van der Waals surface area contributed by atoms with Crippen molar-refractivity contribution in [2.45, 2.75) is 233 Å². The summed E-state index contributed by atoms with van der Waals surface area (Å²) in [5.74, 6) is -0.0375. The molecule has 0 unspecified atom stereocenters. The maximum atomic E-state index is 12.6. The third-order valence-electron chi connectivity index (χ3n) is 9.29. The van der Waals surface area contributed by atoms with Gasteiger partial charge < -0.3 is 14.2 Å². The van der Waals surface area contributed by atoms with Crippen LogP contribution in [-0.2, 0) is 28.6 Å². The first kappa shape index (κ1) is 46.4. The Morgan fingerprint density at radius 2 is 0.688 bits per heavy atom. The van der Waals surface area contributed by atoms with E-state index in [2.05, 4.69) is 27.7 Å². The summed E-state index contributed by atoms with van der Waals surface area (Å²) in [6.07, 6.45) is 34.0. The molecule has 1 atom stereocenters. The summed E-state index contributed by atoms with van der Waals surface area (Å²) in [6.45, 7) is 8.89. The van der Waals surface area contributed by atoms with E-state index in [1.54, 1.807) is 0 Å². The van der Waals surface area contributed by atoms with Gasteiger partial charge in [0.1, 0.15) is 13.2 Å². The molecule has 48 heavy (non-hydrogen) atoms. The van der Waals surface area contributed by atoms with Crippen molar-refractivity contribution in [1.29, 1.82) is 0 Å². The molecule has 0 heterocycles. The lowest BCUT2D eigenvalue weighted by Crippen LogP contribution is -2.30. The topological polar surface area (TPSA) is 78.9 Å². The van der Waals surface area contributed by atoms with E-state index in [-0.39, 0.29) is 31.1 Å². The monoisotopic (exact) mass is 681 g/mol. The van der Waals surface area contributed by atoms with E-state index in [9.17, 15) is 14.4 Å². The fraction of sp³-hybridized carbons (Fsp3) is 0.929. The highest BCUT2D eigenvalue weighted by molar-refractivity contribution is 5.71. The van der Waals surface area contributed by atoms with Crippen molar-refractivity contribution in [3.8, 4) is 0 Å². The molecule has 0 spiro atoms. The maximum Gasteiger partial charge on any atom is 0.306 e. The lowest BCUT2D eigenvalue weighted by atomic mass is 10.0. The zero-order chi connectivity index (χ0) is 35.3. The lowest BCUT2D eigenvalue weighted by Gasteiger charge is -2.18. The predicted octanol–water partition coefficient (Wildman–Crippen LogP) is 12.8. The molecule has 0 radical (unpaired) electrons. The first-order valence-corrected chi connectivity index (χ1v) is 20.9. The summed E-state index contributed by atoms with van der Waals surface area (Å²) in [5.41, 5.74) is 0. The number of hydrogen-bond acceptors (Lipinski definition) is 6. The Labute approximate surface area is 298 Å². The van der Waals surface area contributed by atoms with Crippen LogP contribution in [0.2, 0.25) is 0 Å². The van der Waals surface area contributed by atoms with E-state index in [0.29, 0.717) is 19.3 Å². The van der Waals surface area contributed by atoms with Crippen molar-refractivity contribution in [2.75, 3.05) is 13.2 Å². The summed E-state index contributed by atoms with van der Waals surface area (Å²) in [6, 6.07) is 0. The third-order valence-corrected chi connectivity index (χ3v) is 9.29. The summed E-state index contributed by atoms with van der Waals surface area (Å²) >= 11 is 0. The van der Waals surface area contributed by atoms with Gasteiger partial charge in [0.25, 0.3) is 0 Å². The van der Waals surface area contributed by atoms with Crippen LogP contribution in [0.1, 0.15) is 227 Å². The zero-order valence-electron chi connectivity index (χ0n) is 32.4. The molecular weight excluding hydrogens is 600 g/mol. The van der Waals surface area contributed by atoms with Crippen LogP contribution in [-0.4, -0.2) is 37.2 Å². The van der Waals surface area contributed by atoms with E-state index >= 15 is 0 Å². The fourth-order valence-corrected chi connectivity index (χ4v) is 6.10. The minimum Gasteiger partial charge on any atom is -0.462 e. The third kappa shape index (κ3) is 35.7. The van der Waals surface area contributed by atoms with Gasteiger partial charge in [-0.3, -0.25) is 14.4 Å². The number of carbonyl (C=O) groups is 3. The van der Waals surface area contributed by atoms with Crippen molar-refractivity contribution in [3.63, 3.8) is 0 Å². The SMILES string of the molecule is CCCCCCCCCCCC(=O)OC[C@H](COC(=O)CCCCCCC)OC(=O)CCCCCCCCCCCCCCCC(C)C. The Balaban J connectivity index is 4.19. The molecule has 6 nitrogen and oxygen atoms in total. The quantitative estimate of drug-likeness (QED) is 0.0369. The molecule has 284 valence electrons. The van der Waals surface area contributed by atoms with Crippen LogP contribution in [0.25, 0.3) is 0 Å². The average molecular weight is 681 g/mol. The Bertz CT molecular complexity index is 721. The van der Waals surface area contributed by atoms with Crippen LogP contribution in [0.5, 0.6) is 0 Å². The Morgan fingerprint density at radius 1 is 0.396 bits per heavy atom. The van der Waals surface area contributed by atoms with Gasteiger partial charge in [-0.05, 0) is 25.2 Å². The molecule has 0 aliphatic rings. The van der Waals surface area contributed by atoms with Crippen LogP contribution in [0.15, 0.2) is 0 Å². The van der Waals surface area contributed by atoms with Crippen molar-refractivity contribution < 1.29 is 28.6 Å². The van der Waals surface area contributed by atoms with E-state index in [4.69, 9.17) is 14.2 Å². The van der Waals surface area contributed by atoms with Crippen LogP contribution in [0.4, 0.5) is 0 Å². The predicted molar refractivity (Wildman–Crippen MR) is 201 cm³/mol. The minimum atomic E-state index is -0.756. The smallest absolute Gasteiger partial charge is 0.306 e. The van der Waals surface area contributed by atoms with Crippen LogP contribution in [0.3, 0.4) is 0 Å². The second-order valence-electron chi connectivity index (χ2n) is 14.7. The highest BCUT2D eigenvalue weighted by atomic mass is 16.6. The Morgan fingerprint density at radius 3 is 1.02 bits per heavy atom. The first-order chi connectivity index (χ1) is 23.4. The van der Waals surface area contributed by atoms with Crippen molar-refractivity contribution in [2.24, 2.45) is 5.92 Å². The normalized spacial score (nSPS) is 11.9. The molecule has 0 saturated carbocycles. The van der Waals surface area contributed by atoms with Crippen molar-refractivity contribution >= 4 is 17.9 Å². The summed E-state index contributed by atoms with van der Waals surface area (Å²) in [7, 11) is 0. The van der Waals surface area contributed by atoms with Crippen LogP contribution in [0, 0.1) is 5.92 Å². The average Bonchev–Trinajstić information content (AvgIpc) is 3.06. The van der Waals surface area contributed by atoms with Gasteiger partial charge in [-0.1, -0.05) is 188 Å². The molecule has 0 aromatic heterocycles. The van der Waals surface area contributed by atoms with Crippen molar-refractivity contribution in [3.05, 3.63) is 0 Å². The van der Waals surface area contributed by atoms with Crippen LogP contribution < -0.4 is 0 Å². The number of ether oxygens (including phenoxy) is 3. The van der Waals surface area contributed by atoms with E-state index in [0.717, 1.165) is 70.1 Å². The van der Waals surface area contributed by atoms with Gasteiger partial charge >= 0.3 is 17.9 Å². The van der Waals surface area contributed by atoms with E-state index in [1.807, 2.05) is 0 Å². The van der Waals surface area contributed by atoms with Gasteiger partial charge in [-0.25, -0.2) is 0 Å². The molecule has 0 amide bonds. The fourth-order valence-electron chi connectivity index (χ4n) is 6.10. The van der Waals surface area contributed by atoms with Crippen LogP contribution >= 0.6 is 0 Å². The molecule has 0 aliphatic carbocycles. The highest BCUT2D eigenvalue weighted by Gasteiger charge is 2.19.